The van der Waals surface area contributed by atoms with E-state index in [0.717, 1.165) is 41.0 Å². The number of thioether (sulfide) groups is 1. The first kappa shape index (κ1) is 27.2. The zero-order valence-corrected chi connectivity index (χ0v) is 20.8. The lowest BCUT2D eigenvalue weighted by Gasteiger charge is -2.11. The summed E-state index contributed by atoms with van der Waals surface area (Å²) in [5.74, 6) is 2.61. The van der Waals surface area contributed by atoms with E-state index in [0.29, 0.717) is 0 Å². The molecular weight excluding hydrogens is 416 g/mol. The number of methoxy groups -OCH3 is 1. The molecule has 172 valence electrons. The van der Waals surface area contributed by atoms with E-state index in [1.165, 1.54) is 16.7 Å². The minimum atomic E-state index is 0.803. The Hall–Kier alpha value is -2.83. The van der Waals surface area contributed by atoms with E-state index >= 15 is 0 Å². The third kappa shape index (κ3) is 8.36. The first-order chi connectivity index (χ1) is 15.5. The number of benzene rings is 2. The van der Waals surface area contributed by atoms with Gasteiger partial charge in [0.25, 0.3) is 0 Å². The molecular formula is C26H36N4OS. The number of hydrogen-bond donors (Lipinski definition) is 1. The normalized spacial score (nSPS) is 9.78. The Bertz CT molecular complexity index is 948. The third-order valence-electron chi connectivity index (χ3n) is 4.23. The van der Waals surface area contributed by atoms with Gasteiger partial charge in [0.2, 0.25) is 0 Å². The lowest BCUT2D eigenvalue weighted by Crippen LogP contribution is -2.03. The van der Waals surface area contributed by atoms with E-state index < -0.39 is 0 Å². The number of nitrogens with one attached hydrogen (secondary N) is 1. The van der Waals surface area contributed by atoms with Crippen molar-refractivity contribution >= 4 is 11.8 Å². The molecule has 0 spiro atoms. The van der Waals surface area contributed by atoms with E-state index in [9.17, 15) is 0 Å². The Morgan fingerprint density at radius 3 is 2.31 bits per heavy atom. The monoisotopic (exact) mass is 452 g/mol. The zero-order valence-electron chi connectivity index (χ0n) is 20.0. The van der Waals surface area contributed by atoms with Crippen molar-refractivity contribution in [2.45, 2.75) is 37.6 Å². The molecule has 0 saturated carbocycles. The van der Waals surface area contributed by atoms with Crippen LogP contribution in [0.1, 0.15) is 28.9 Å². The molecule has 0 unspecified atom stereocenters. The highest BCUT2D eigenvalue weighted by molar-refractivity contribution is 7.98. The van der Waals surface area contributed by atoms with Gasteiger partial charge in [-0.1, -0.05) is 53.2 Å². The van der Waals surface area contributed by atoms with Crippen molar-refractivity contribution in [3.63, 3.8) is 0 Å². The van der Waals surface area contributed by atoms with E-state index in [1.54, 1.807) is 18.9 Å². The topological polar surface area (TPSA) is 52.0 Å². The van der Waals surface area contributed by atoms with Gasteiger partial charge in [0.15, 0.2) is 5.16 Å². The van der Waals surface area contributed by atoms with Crippen LogP contribution >= 0.6 is 11.8 Å². The Balaban J connectivity index is 0.000000944. The van der Waals surface area contributed by atoms with Crippen molar-refractivity contribution in [1.29, 1.82) is 0 Å². The Morgan fingerprint density at radius 1 is 1.06 bits per heavy atom. The van der Waals surface area contributed by atoms with Gasteiger partial charge in [-0.2, -0.15) is 0 Å². The molecule has 2 aromatic carbocycles. The Labute approximate surface area is 197 Å². The van der Waals surface area contributed by atoms with E-state index in [4.69, 9.17) is 4.74 Å². The first-order valence-corrected chi connectivity index (χ1v) is 11.5. The molecule has 0 amide bonds. The second-order valence-electron chi connectivity index (χ2n) is 7.05. The van der Waals surface area contributed by atoms with Crippen LogP contribution in [0.4, 0.5) is 0 Å². The van der Waals surface area contributed by atoms with Crippen LogP contribution in [0, 0.1) is 13.8 Å². The fraction of sp³-hybridized carbons (Fsp3) is 0.308. The summed E-state index contributed by atoms with van der Waals surface area (Å²) in [6.07, 6.45) is 3.58. The van der Waals surface area contributed by atoms with Crippen molar-refractivity contribution in [2.24, 2.45) is 0 Å². The van der Waals surface area contributed by atoms with Crippen molar-refractivity contribution in [3.8, 4) is 11.4 Å². The molecule has 0 aliphatic rings. The molecule has 1 heterocycles. The average Bonchev–Trinajstić information content (AvgIpc) is 3.20. The minimum Gasteiger partial charge on any atom is -0.497 e. The molecule has 6 heteroatoms. The summed E-state index contributed by atoms with van der Waals surface area (Å²) >= 11 is 1.70. The molecule has 1 N–H and O–H groups in total. The van der Waals surface area contributed by atoms with Gasteiger partial charge < -0.3 is 10.1 Å². The molecule has 32 heavy (non-hydrogen) atoms. The summed E-state index contributed by atoms with van der Waals surface area (Å²) in [6.45, 7) is 14.1. The van der Waals surface area contributed by atoms with Gasteiger partial charge in [0, 0.05) is 18.2 Å². The van der Waals surface area contributed by atoms with Crippen molar-refractivity contribution in [3.05, 3.63) is 90.8 Å². The lowest BCUT2D eigenvalue weighted by atomic mass is 10.1. The highest BCUT2D eigenvalue weighted by atomic mass is 32.2. The number of nitrogens with zero attached hydrogens (tertiary/aromatic N) is 3. The summed E-state index contributed by atoms with van der Waals surface area (Å²) in [5.41, 5.74) is 4.88. The van der Waals surface area contributed by atoms with Gasteiger partial charge in [-0.3, -0.25) is 4.57 Å². The number of aryl methyl sites for hydroxylation is 3. The predicted molar refractivity (Wildman–Crippen MR) is 138 cm³/mol. The summed E-state index contributed by atoms with van der Waals surface area (Å²) in [5, 5.41) is 12.5. The average molecular weight is 453 g/mol. The van der Waals surface area contributed by atoms with Gasteiger partial charge in [0.1, 0.15) is 11.6 Å². The zero-order chi connectivity index (χ0) is 23.9. The molecule has 0 bridgehead atoms. The summed E-state index contributed by atoms with van der Waals surface area (Å²) in [4.78, 5) is 0. The third-order valence-corrected chi connectivity index (χ3v) is 5.23. The molecule has 1 aromatic heterocycles. The Kier molecular flexibility index (Phi) is 12.8. The minimum absolute atomic E-state index is 0.803. The predicted octanol–water partition coefficient (Wildman–Crippen LogP) is 5.94. The summed E-state index contributed by atoms with van der Waals surface area (Å²) < 4.78 is 7.52. The fourth-order valence-corrected chi connectivity index (χ4v) is 4.00. The van der Waals surface area contributed by atoms with Crippen LogP contribution in [0.2, 0.25) is 0 Å². The van der Waals surface area contributed by atoms with Crippen LogP contribution < -0.4 is 10.1 Å². The lowest BCUT2D eigenvalue weighted by molar-refractivity contribution is 0.414. The number of rotatable bonds is 8. The second kappa shape index (κ2) is 15.1. The molecule has 0 radical (unpaired) electrons. The molecule has 5 nitrogen and oxygen atoms in total. The van der Waals surface area contributed by atoms with Crippen LogP contribution in [0.3, 0.4) is 0 Å². The summed E-state index contributed by atoms with van der Waals surface area (Å²) in [6, 6.07) is 14.7. The maximum Gasteiger partial charge on any atom is 0.196 e. The van der Waals surface area contributed by atoms with Crippen molar-refractivity contribution in [1.82, 2.24) is 20.1 Å². The van der Waals surface area contributed by atoms with Crippen LogP contribution in [0.25, 0.3) is 5.69 Å². The highest BCUT2D eigenvalue weighted by Crippen LogP contribution is 2.28. The maximum atomic E-state index is 5.39. The van der Waals surface area contributed by atoms with Crippen LogP contribution in [-0.4, -0.2) is 36.0 Å². The van der Waals surface area contributed by atoms with E-state index in [1.807, 2.05) is 38.4 Å². The molecule has 0 aliphatic heterocycles. The molecule has 0 saturated heterocycles. The highest BCUT2D eigenvalue weighted by Gasteiger charge is 2.15. The van der Waals surface area contributed by atoms with Gasteiger partial charge in [-0.15, -0.1) is 29.9 Å². The molecule has 0 fully saturated rings. The maximum absolute atomic E-state index is 5.39. The van der Waals surface area contributed by atoms with E-state index in [2.05, 4.69) is 77.9 Å². The smallest absolute Gasteiger partial charge is 0.196 e. The van der Waals surface area contributed by atoms with Crippen molar-refractivity contribution < 1.29 is 4.74 Å². The second-order valence-corrected chi connectivity index (χ2v) is 7.99. The number of allylic oxidation sites excluding steroid dienone is 1. The number of hydrogen-bond acceptors (Lipinski definition) is 5. The SMILES string of the molecule is C=C.C=CCCc1nnc(SCc2cc(C)cc(C)c2)n1-c1cccc(OC)c1.CNC. The number of ether oxygens (including phenoxy) is 1. The summed E-state index contributed by atoms with van der Waals surface area (Å²) in [7, 11) is 5.43. The van der Waals surface area contributed by atoms with Gasteiger partial charge in [0.05, 0.1) is 12.8 Å². The van der Waals surface area contributed by atoms with Gasteiger partial charge in [-0.05, 0) is 52.1 Å². The Morgan fingerprint density at radius 2 is 1.72 bits per heavy atom. The molecule has 3 aromatic rings. The quantitative estimate of drug-likeness (QED) is 0.338. The van der Waals surface area contributed by atoms with Gasteiger partial charge >= 0.3 is 0 Å². The van der Waals surface area contributed by atoms with E-state index in [-0.39, 0.29) is 0 Å². The number of aromatic nitrogens is 3. The van der Waals surface area contributed by atoms with Crippen molar-refractivity contribution in [2.75, 3.05) is 21.2 Å². The first-order valence-electron chi connectivity index (χ1n) is 10.5. The standard InChI is InChI=1S/C22H25N3OS.C2H7N.C2H4/c1-5-6-10-21-23-24-22(25(21)19-8-7-9-20(14-19)26-4)27-15-18-12-16(2)11-17(3)13-18;1-3-2;1-2/h5,7-9,11-14H,1,6,10,15H2,2-4H3;3H,1-2H3;1-2H2. The van der Waals surface area contributed by atoms with Crippen LogP contribution in [0.5, 0.6) is 5.75 Å². The van der Waals surface area contributed by atoms with Crippen LogP contribution in [0.15, 0.2) is 73.4 Å². The largest absolute Gasteiger partial charge is 0.497 e. The molecule has 3 rings (SSSR count). The van der Waals surface area contributed by atoms with Gasteiger partial charge in [-0.25, -0.2) is 0 Å². The molecule has 0 aliphatic carbocycles. The van der Waals surface area contributed by atoms with Crippen LogP contribution in [-0.2, 0) is 12.2 Å². The fourth-order valence-electron chi connectivity index (χ4n) is 3.10. The molecule has 0 atom stereocenters.